The number of benzene rings is 1. The van der Waals surface area contributed by atoms with Crippen LogP contribution < -0.4 is 10.0 Å². The van der Waals surface area contributed by atoms with Gasteiger partial charge in [0.2, 0.25) is 21.9 Å². The number of nitrogens with one attached hydrogen (secondary N) is 2. The lowest BCUT2D eigenvalue weighted by Crippen LogP contribution is -2.32. The smallest absolute Gasteiger partial charge is 0.241 e. The zero-order chi connectivity index (χ0) is 18.2. The summed E-state index contributed by atoms with van der Waals surface area (Å²) in [5.74, 6) is -0.431. The number of thioether (sulfide) groups is 1. The number of carbonyl (C=O) groups excluding carboxylic acids is 1. The molecule has 10 heteroatoms. The van der Waals surface area contributed by atoms with Crippen molar-refractivity contribution in [2.75, 3.05) is 18.1 Å². The molecule has 1 atom stereocenters. The lowest BCUT2D eigenvalue weighted by atomic mass is 10.0. The molecule has 0 fully saturated rings. The van der Waals surface area contributed by atoms with Gasteiger partial charge in [-0.1, -0.05) is 11.6 Å². The molecule has 25 heavy (non-hydrogen) atoms. The van der Waals surface area contributed by atoms with Gasteiger partial charge in [-0.05, 0) is 25.1 Å². The summed E-state index contributed by atoms with van der Waals surface area (Å²) in [7, 11) is -3.45. The number of amides is 1. The van der Waals surface area contributed by atoms with E-state index in [0.717, 1.165) is 22.3 Å². The molecule has 0 spiro atoms. The number of nitrogens with zero attached hydrogens (tertiary/aromatic N) is 2. The molecule has 1 unspecified atom stereocenters. The number of hydrogen-bond donors (Lipinski definition) is 2. The van der Waals surface area contributed by atoms with Crippen LogP contribution in [0.2, 0.25) is 5.02 Å². The first-order valence-electron chi connectivity index (χ1n) is 7.31. The third-order valence-corrected chi connectivity index (χ3v) is 5.62. The largest absolute Gasteiger partial charge is 0.293 e. The quantitative estimate of drug-likeness (QED) is 0.820. The number of hydrogen-bond acceptors (Lipinski definition) is 6. The molecule has 0 saturated heterocycles. The van der Waals surface area contributed by atoms with Gasteiger partial charge in [0, 0.05) is 32.5 Å². The summed E-state index contributed by atoms with van der Waals surface area (Å²) in [6, 6.07) is 5.60. The van der Waals surface area contributed by atoms with E-state index < -0.39 is 15.9 Å². The normalized spacial score (nSPS) is 16.0. The Bertz CT molecular complexity index is 950. The van der Waals surface area contributed by atoms with Gasteiger partial charge in [-0.3, -0.25) is 10.1 Å². The van der Waals surface area contributed by atoms with Gasteiger partial charge < -0.3 is 0 Å². The van der Waals surface area contributed by atoms with Crippen LogP contribution in [0.4, 0.5) is 5.95 Å². The van der Waals surface area contributed by atoms with Crippen molar-refractivity contribution < 1.29 is 13.2 Å². The minimum Gasteiger partial charge on any atom is -0.293 e. The van der Waals surface area contributed by atoms with Crippen LogP contribution in [0.1, 0.15) is 17.7 Å². The molecule has 0 saturated carbocycles. The van der Waals surface area contributed by atoms with E-state index in [1.165, 1.54) is 0 Å². The molecule has 3 rings (SSSR count). The lowest BCUT2D eigenvalue weighted by molar-refractivity contribution is -0.115. The van der Waals surface area contributed by atoms with Gasteiger partial charge in [-0.25, -0.2) is 23.1 Å². The van der Waals surface area contributed by atoms with Crippen LogP contribution in [0.5, 0.6) is 0 Å². The second-order valence-electron chi connectivity index (χ2n) is 5.54. The Morgan fingerprint density at radius 2 is 2.16 bits per heavy atom. The molecule has 2 N–H and O–H groups in total. The molecule has 7 nitrogen and oxygen atoms in total. The topological polar surface area (TPSA) is 101 Å². The SMILES string of the molecule is CC1Sc2ccc(Cl)cc2-c2nc(NC(=O)CNS(C)(=O)=O)ncc21. The number of carbonyl (C=O) groups is 1. The highest BCUT2D eigenvalue weighted by Crippen LogP contribution is 2.48. The Hall–Kier alpha value is -1.68. The van der Waals surface area contributed by atoms with Gasteiger partial charge >= 0.3 is 0 Å². The molecule has 1 aliphatic rings. The Labute approximate surface area is 154 Å². The number of rotatable bonds is 4. The zero-order valence-corrected chi connectivity index (χ0v) is 15.8. The van der Waals surface area contributed by atoms with Crippen LogP contribution in [0.3, 0.4) is 0 Å². The fraction of sp³-hybridized carbons (Fsp3) is 0.267. The van der Waals surface area contributed by atoms with E-state index in [1.807, 2.05) is 18.2 Å². The van der Waals surface area contributed by atoms with Gasteiger partial charge in [-0.2, -0.15) is 0 Å². The molecular formula is C15H15ClN4O3S2. The Morgan fingerprint density at radius 1 is 1.40 bits per heavy atom. The Balaban J connectivity index is 1.88. The van der Waals surface area contributed by atoms with E-state index >= 15 is 0 Å². The molecule has 2 aromatic rings. The molecule has 0 bridgehead atoms. The molecule has 1 aliphatic heterocycles. The van der Waals surface area contributed by atoms with Gasteiger partial charge in [0.05, 0.1) is 18.5 Å². The Morgan fingerprint density at radius 3 is 2.88 bits per heavy atom. The van der Waals surface area contributed by atoms with Crippen molar-refractivity contribution in [2.45, 2.75) is 17.1 Å². The summed E-state index contributed by atoms with van der Waals surface area (Å²) >= 11 is 7.79. The molecule has 1 aromatic carbocycles. The molecule has 1 amide bonds. The monoisotopic (exact) mass is 398 g/mol. The zero-order valence-electron chi connectivity index (χ0n) is 13.4. The number of sulfonamides is 1. The van der Waals surface area contributed by atoms with Crippen LogP contribution in [-0.4, -0.2) is 37.1 Å². The van der Waals surface area contributed by atoms with Crippen LogP contribution in [0.15, 0.2) is 29.3 Å². The number of anilines is 1. The van der Waals surface area contributed by atoms with Gasteiger partial charge in [0.1, 0.15) is 0 Å². The summed E-state index contributed by atoms with van der Waals surface area (Å²) in [6.07, 6.45) is 2.65. The second-order valence-corrected chi connectivity index (χ2v) is 9.19. The second kappa shape index (κ2) is 6.91. The average molecular weight is 399 g/mol. The molecule has 1 aromatic heterocycles. The van der Waals surface area contributed by atoms with Gasteiger partial charge in [0.15, 0.2) is 0 Å². The van der Waals surface area contributed by atoms with E-state index in [2.05, 4.69) is 26.9 Å². The lowest BCUT2D eigenvalue weighted by Gasteiger charge is -2.23. The average Bonchev–Trinajstić information content (AvgIpc) is 2.53. The van der Waals surface area contributed by atoms with Gasteiger partial charge in [-0.15, -0.1) is 11.8 Å². The van der Waals surface area contributed by atoms with Crippen molar-refractivity contribution in [3.05, 3.63) is 35.0 Å². The van der Waals surface area contributed by atoms with Crippen molar-refractivity contribution in [1.29, 1.82) is 0 Å². The molecular weight excluding hydrogens is 384 g/mol. The maximum atomic E-state index is 11.8. The highest BCUT2D eigenvalue weighted by Gasteiger charge is 2.25. The van der Waals surface area contributed by atoms with Crippen molar-refractivity contribution in [3.8, 4) is 11.3 Å². The highest BCUT2D eigenvalue weighted by atomic mass is 35.5. The number of aromatic nitrogens is 2. The third kappa shape index (κ3) is 4.30. The summed E-state index contributed by atoms with van der Waals surface area (Å²) < 4.78 is 24.2. The van der Waals surface area contributed by atoms with Crippen LogP contribution in [0.25, 0.3) is 11.3 Å². The fourth-order valence-corrected chi connectivity index (χ4v) is 4.05. The van der Waals surface area contributed by atoms with E-state index in [4.69, 9.17) is 11.6 Å². The molecule has 2 heterocycles. The Kier molecular flexibility index (Phi) is 5.01. The van der Waals surface area contributed by atoms with Gasteiger partial charge in [0.25, 0.3) is 0 Å². The molecule has 0 aliphatic carbocycles. The third-order valence-electron chi connectivity index (χ3n) is 3.50. The summed E-state index contributed by atoms with van der Waals surface area (Å²) in [5, 5.41) is 3.26. The summed E-state index contributed by atoms with van der Waals surface area (Å²) in [4.78, 5) is 21.5. The molecule has 132 valence electrons. The van der Waals surface area contributed by atoms with E-state index in [0.29, 0.717) is 10.7 Å². The molecule has 0 radical (unpaired) electrons. The number of fused-ring (bicyclic) bond motifs is 3. The van der Waals surface area contributed by atoms with Crippen LogP contribution in [0, 0.1) is 0 Å². The minimum absolute atomic E-state index is 0.115. The van der Waals surface area contributed by atoms with Crippen molar-refractivity contribution >= 4 is 45.2 Å². The summed E-state index contributed by atoms with van der Waals surface area (Å²) in [6.45, 7) is 1.67. The highest BCUT2D eigenvalue weighted by molar-refractivity contribution is 7.99. The van der Waals surface area contributed by atoms with Crippen LogP contribution >= 0.6 is 23.4 Å². The van der Waals surface area contributed by atoms with Crippen molar-refractivity contribution in [3.63, 3.8) is 0 Å². The first-order chi connectivity index (χ1) is 11.7. The first-order valence-corrected chi connectivity index (χ1v) is 10.5. The standard InChI is InChI=1S/C15H15ClN4O3S2/c1-8-11-6-17-15(19-13(21)7-18-25(2,22)23)20-14(11)10-5-9(16)3-4-12(10)24-8/h3-6,8,18H,7H2,1-2H3,(H,17,19,20,21). The maximum Gasteiger partial charge on any atom is 0.241 e. The van der Waals surface area contributed by atoms with E-state index in [9.17, 15) is 13.2 Å². The minimum atomic E-state index is -3.45. The first kappa shape index (κ1) is 18.1. The fourth-order valence-electron chi connectivity index (χ4n) is 2.37. The van der Waals surface area contributed by atoms with Crippen molar-refractivity contribution in [2.24, 2.45) is 0 Å². The van der Waals surface area contributed by atoms with E-state index in [1.54, 1.807) is 18.0 Å². The van der Waals surface area contributed by atoms with Crippen molar-refractivity contribution in [1.82, 2.24) is 14.7 Å². The predicted molar refractivity (Wildman–Crippen MR) is 98.2 cm³/mol. The summed E-state index contributed by atoms with van der Waals surface area (Å²) in [5.41, 5.74) is 2.55. The van der Waals surface area contributed by atoms with E-state index in [-0.39, 0.29) is 17.7 Å². The number of halogens is 1. The van der Waals surface area contributed by atoms with Crippen LogP contribution in [-0.2, 0) is 14.8 Å². The predicted octanol–water partition coefficient (Wildman–Crippen LogP) is 2.45. The maximum absolute atomic E-state index is 11.8.